The van der Waals surface area contributed by atoms with Crippen molar-refractivity contribution in [1.29, 1.82) is 0 Å². The molecule has 4 aromatic rings. The third kappa shape index (κ3) is 5.42. The van der Waals surface area contributed by atoms with Crippen LogP contribution in [0.5, 0.6) is 17.2 Å². The first-order valence-electron chi connectivity index (χ1n) is 13.0. The first kappa shape index (κ1) is 29.3. The second-order valence-electron chi connectivity index (χ2n) is 9.25. The van der Waals surface area contributed by atoms with Crippen molar-refractivity contribution in [2.45, 2.75) is 19.9 Å². The number of aromatic nitrogens is 1. The lowest BCUT2D eigenvalue weighted by Crippen LogP contribution is -2.40. The van der Waals surface area contributed by atoms with Crippen molar-refractivity contribution in [3.05, 3.63) is 101 Å². The maximum Gasteiger partial charge on any atom is 0.338 e. The molecule has 222 valence electrons. The molecule has 2 aromatic carbocycles. The fourth-order valence-electron chi connectivity index (χ4n) is 4.84. The Morgan fingerprint density at radius 3 is 2.53 bits per heavy atom. The van der Waals surface area contributed by atoms with Gasteiger partial charge in [0.1, 0.15) is 34.8 Å². The van der Waals surface area contributed by atoms with Gasteiger partial charge in [0.2, 0.25) is 0 Å². The number of methoxy groups -OCH3 is 3. The van der Waals surface area contributed by atoms with Crippen LogP contribution >= 0.6 is 11.3 Å². The van der Waals surface area contributed by atoms with E-state index in [-0.39, 0.29) is 23.6 Å². The number of furan rings is 1. The first-order valence-corrected chi connectivity index (χ1v) is 13.9. The number of ether oxygens (including phenoxy) is 4. The van der Waals surface area contributed by atoms with Gasteiger partial charge in [-0.25, -0.2) is 9.79 Å². The Kier molecular flexibility index (Phi) is 8.17. The van der Waals surface area contributed by atoms with Gasteiger partial charge in [0.05, 0.1) is 60.3 Å². The molecule has 1 atom stereocenters. The van der Waals surface area contributed by atoms with E-state index in [0.717, 1.165) is 11.3 Å². The summed E-state index contributed by atoms with van der Waals surface area (Å²) in [5, 5.41) is 11.2. The van der Waals surface area contributed by atoms with Gasteiger partial charge in [-0.05, 0) is 50.2 Å². The van der Waals surface area contributed by atoms with Crippen molar-refractivity contribution in [1.82, 2.24) is 4.57 Å². The summed E-state index contributed by atoms with van der Waals surface area (Å²) >= 11 is 1.14. The van der Waals surface area contributed by atoms with E-state index in [4.69, 9.17) is 23.4 Å². The van der Waals surface area contributed by atoms with Gasteiger partial charge in [0.25, 0.3) is 11.2 Å². The minimum absolute atomic E-state index is 0.117. The zero-order chi connectivity index (χ0) is 30.8. The van der Waals surface area contributed by atoms with Gasteiger partial charge in [-0.15, -0.1) is 0 Å². The molecule has 3 heterocycles. The Hall–Kier alpha value is -5.17. The summed E-state index contributed by atoms with van der Waals surface area (Å²) in [5.74, 6) is 1.39. The lowest BCUT2D eigenvalue weighted by molar-refractivity contribution is -0.384. The van der Waals surface area contributed by atoms with E-state index in [9.17, 15) is 19.7 Å². The Morgan fingerprint density at radius 2 is 1.86 bits per heavy atom. The third-order valence-electron chi connectivity index (χ3n) is 6.81. The van der Waals surface area contributed by atoms with E-state index < -0.39 is 22.5 Å². The normalized spacial score (nSPS) is 14.6. The molecule has 0 N–H and O–H groups in total. The van der Waals surface area contributed by atoms with Gasteiger partial charge in [0, 0.05) is 17.7 Å². The van der Waals surface area contributed by atoms with Gasteiger partial charge >= 0.3 is 5.97 Å². The summed E-state index contributed by atoms with van der Waals surface area (Å²) in [7, 11) is 4.44. The fraction of sp³-hybridized carbons (Fsp3) is 0.233. The van der Waals surface area contributed by atoms with Crippen molar-refractivity contribution >= 4 is 29.1 Å². The quantitative estimate of drug-likeness (QED) is 0.157. The van der Waals surface area contributed by atoms with E-state index in [0.29, 0.717) is 49.2 Å². The minimum atomic E-state index is -0.904. The number of nitro benzene ring substituents is 1. The van der Waals surface area contributed by atoms with Crippen LogP contribution in [0.15, 0.2) is 74.0 Å². The summed E-state index contributed by atoms with van der Waals surface area (Å²) < 4.78 is 29.5. The maximum absolute atomic E-state index is 14.0. The highest BCUT2D eigenvalue weighted by Crippen LogP contribution is 2.38. The number of thiazole rings is 1. The predicted molar refractivity (Wildman–Crippen MR) is 157 cm³/mol. The molecule has 0 bridgehead atoms. The molecule has 0 spiro atoms. The van der Waals surface area contributed by atoms with Crippen molar-refractivity contribution < 1.29 is 33.1 Å². The number of allylic oxidation sites excluding steroid dienone is 1. The first-order chi connectivity index (χ1) is 20.7. The average Bonchev–Trinajstić information content (AvgIpc) is 3.59. The molecule has 0 radical (unpaired) electrons. The van der Waals surface area contributed by atoms with Crippen LogP contribution < -0.4 is 29.1 Å². The lowest BCUT2D eigenvalue weighted by atomic mass is 9.95. The molecule has 1 aliphatic rings. The molecule has 0 amide bonds. The highest BCUT2D eigenvalue weighted by atomic mass is 32.1. The minimum Gasteiger partial charge on any atom is -0.497 e. The number of carbonyl (C=O) groups excluding carboxylic acids is 1. The Labute approximate surface area is 248 Å². The van der Waals surface area contributed by atoms with Crippen LogP contribution in [0, 0.1) is 10.1 Å². The maximum atomic E-state index is 14.0. The second kappa shape index (κ2) is 12.0. The molecule has 5 rings (SSSR count). The number of carbonyl (C=O) groups is 1. The molecule has 1 aliphatic heterocycles. The number of benzene rings is 2. The number of non-ortho nitro benzene ring substituents is 1. The van der Waals surface area contributed by atoms with E-state index in [1.807, 2.05) is 0 Å². The van der Waals surface area contributed by atoms with Crippen LogP contribution in [0.4, 0.5) is 5.69 Å². The average molecular weight is 606 g/mol. The third-order valence-corrected chi connectivity index (χ3v) is 7.79. The van der Waals surface area contributed by atoms with Gasteiger partial charge < -0.3 is 23.4 Å². The number of fused-ring (bicyclic) bond motifs is 1. The highest BCUT2D eigenvalue weighted by Gasteiger charge is 2.35. The molecule has 0 saturated carbocycles. The molecular weight excluding hydrogens is 578 g/mol. The summed E-state index contributed by atoms with van der Waals surface area (Å²) in [5.41, 5.74) is 1.13. The molecule has 0 saturated heterocycles. The summed E-state index contributed by atoms with van der Waals surface area (Å²) in [6.45, 7) is 3.54. The molecule has 2 aromatic heterocycles. The predicted octanol–water partition coefficient (Wildman–Crippen LogP) is 3.99. The van der Waals surface area contributed by atoms with Crippen molar-refractivity contribution in [2.24, 2.45) is 4.99 Å². The Morgan fingerprint density at radius 1 is 1.09 bits per heavy atom. The molecule has 0 unspecified atom stereocenters. The SMILES string of the molecule is CCOC(=O)C1=C(C)N=c2s/c(=C/c3ccc(-c4ccc([N+](=O)[O-])cc4OC)o3)c(=O)n2[C@H]1c1cc(OC)ccc1OC. The summed E-state index contributed by atoms with van der Waals surface area (Å²) in [6, 6.07) is 11.8. The number of esters is 1. The van der Waals surface area contributed by atoms with Crippen molar-refractivity contribution in [3.8, 4) is 28.6 Å². The molecular formula is C30H27N3O9S. The van der Waals surface area contributed by atoms with Gasteiger partial charge in [-0.1, -0.05) is 11.3 Å². The molecule has 0 aliphatic carbocycles. The van der Waals surface area contributed by atoms with Gasteiger partial charge in [0.15, 0.2) is 4.80 Å². The number of nitrogens with zero attached hydrogens (tertiary/aromatic N) is 3. The van der Waals surface area contributed by atoms with Crippen molar-refractivity contribution in [3.63, 3.8) is 0 Å². The number of hydrogen-bond acceptors (Lipinski definition) is 11. The molecule has 0 fully saturated rings. The number of nitro groups is 1. The van der Waals surface area contributed by atoms with E-state index >= 15 is 0 Å². The second-order valence-corrected chi connectivity index (χ2v) is 10.3. The topological polar surface area (TPSA) is 145 Å². The van der Waals surface area contributed by atoms with Crippen LogP contribution in [0.2, 0.25) is 0 Å². The fourth-order valence-corrected chi connectivity index (χ4v) is 5.87. The van der Waals surface area contributed by atoms with Crippen LogP contribution in [-0.4, -0.2) is 43.4 Å². The lowest BCUT2D eigenvalue weighted by Gasteiger charge is -2.26. The monoisotopic (exact) mass is 605 g/mol. The molecule has 12 nitrogen and oxygen atoms in total. The smallest absolute Gasteiger partial charge is 0.338 e. The van der Waals surface area contributed by atoms with Gasteiger partial charge in [-0.3, -0.25) is 19.5 Å². The molecule has 13 heteroatoms. The largest absolute Gasteiger partial charge is 0.497 e. The van der Waals surface area contributed by atoms with Crippen LogP contribution in [0.25, 0.3) is 17.4 Å². The molecule has 43 heavy (non-hydrogen) atoms. The number of rotatable bonds is 9. The number of hydrogen-bond donors (Lipinski definition) is 0. The van der Waals surface area contributed by atoms with E-state index in [1.165, 1.54) is 44.1 Å². The Balaban J connectivity index is 1.66. The van der Waals surface area contributed by atoms with Crippen LogP contribution in [-0.2, 0) is 9.53 Å². The van der Waals surface area contributed by atoms with Gasteiger partial charge in [-0.2, -0.15) is 0 Å². The van der Waals surface area contributed by atoms with E-state index in [2.05, 4.69) is 4.99 Å². The van der Waals surface area contributed by atoms with Crippen LogP contribution in [0.1, 0.15) is 31.2 Å². The zero-order valence-corrected chi connectivity index (χ0v) is 24.7. The van der Waals surface area contributed by atoms with Crippen molar-refractivity contribution in [2.75, 3.05) is 27.9 Å². The highest BCUT2D eigenvalue weighted by molar-refractivity contribution is 7.07. The van der Waals surface area contributed by atoms with Crippen LogP contribution in [0.3, 0.4) is 0 Å². The van der Waals surface area contributed by atoms with E-state index in [1.54, 1.807) is 50.3 Å². The summed E-state index contributed by atoms with van der Waals surface area (Å²) in [6.07, 6.45) is 1.58. The Bertz CT molecular complexity index is 1950. The zero-order valence-electron chi connectivity index (χ0n) is 23.9. The summed E-state index contributed by atoms with van der Waals surface area (Å²) in [4.78, 5) is 42.8. The standard InChI is InChI=1S/C30H27N3O9S/c1-6-41-29(35)26-16(2)31-30-32(27(26)21-14-18(38-3)8-11-22(21)39-4)28(34)25(43-30)15-19-9-12-23(42-19)20-10-7-17(33(36)37)13-24(20)40-5/h7-15,27H,6H2,1-5H3/b25-15+/t27-/m0/s1.